The van der Waals surface area contributed by atoms with Crippen LogP contribution in [0.1, 0.15) is 35.4 Å². The van der Waals surface area contributed by atoms with Crippen LogP contribution < -0.4 is 10.2 Å². The smallest absolute Gasteiger partial charge is 0.236 e. The Hall–Kier alpha value is -2.71. The zero-order valence-corrected chi connectivity index (χ0v) is 18.9. The number of carbonyl (C=O) groups is 2. The Morgan fingerprint density at radius 1 is 1.16 bits per heavy atom. The third-order valence-corrected chi connectivity index (χ3v) is 7.17. The minimum atomic E-state index is -0.0929. The highest BCUT2D eigenvalue weighted by molar-refractivity contribution is 7.99. The van der Waals surface area contributed by atoms with Crippen LogP contribution in [0.4, 0.5) is 10.8 Å². The first kappa shape index (κ1) is 21.5. The number of hydrogen-bond acceptors (Lipinski definition) is 6. The highest BCUT2D eigenvalue weighted by Gasteiger charge is 2.34. The number of thioether (sulfide) groups is 1. The number of rotatable bonds is 8. The van der Waals surface area contributed by atoms with E-state index in [2.05, 4.69) is 28.5 Å². The lowest BCUT2D eigenvalue weighted by Crippen LogP contribution is -2.25. The molecule has 0 saturated carbocycles. The van der Waals surface area contributed by atoms with E-state index in [0.717, 1.165) is 28.4 Å². The summed E-state index contributed by atoms with van der Waals surface area (Å²) in [6.07, 6.45) is 1.29. The van der Waals surface area contributed by atoms with Crippen LogP contribution in [0.15, 0.2) is 54.6 Å². The Morgan fingerprint density at radius 2 is 1.94 bits per heavy atom. The van der Waals surface area contributed by atoms with Crippen LogP contribution in [-0.2, 0) is 21.8 Å². The highest BCUT2D eigenvalue weighted by Crippen LogP contribution is 2.35. The number of nitrogens with zero attached hydrogens (tertiary/aromatic N) is 3. The summed E-state index contributed by atoms with van der Waals surface area (Å²) in [6.45, 7) is 2.68. The average molecular weight is 453 g/mol. The number of anilines is 2. The molecular formula is C23H24N4O2S2. The summed E-state index contributed by atoms with van der Waals surface area (Å²) in [4.78, 5) is 26.7. The van der Waals surface area contributed by atoms with Gasteiger partial charge in [-0.05, 0) is 23.6 Å². The first-order valence-corrected chi connectivity index (χ1v) is 12.2. The monoisotopic (exact) mass is 452 g/mol. The third kappa shape index (κ3) is 5.32. The predicted molar refractivity (Wildman–Crippen MR) is 127 cm³/mol. The molecule has 1 fully saturated rings. The lowest BCUT2D eigenvalue weighted by atomic mass is 10.1. The maximum absolute atomic E-state index is 12.7. The number of aromatic nitrogens is 2. The average Bonchev–Trinajstić information content (AvgIpc) is 3.41. The normalized spacial score (nSPS) is 16.0. The summed E-state index contributed by atoms with van der Waals surface area (Å²) in [7, 11) is 0. The van der Waals surface area contributed by atoms with Gasteiger partial charge >= 0.3 is 0 Å². The standard InChI is InChI=1S/C23H24N4O2S2/c1-2-17-10-6-7-11-19(17)27-13-18(12-21(27)29)22-25-26-23(31-22)24-20(28)15-30-14-16-8-4-3-5-9-16/h3-11,18H,2,12-15H2,1H3,(H,24,26,28)/t18-/m0/s1. The Bertz CT molecular complexity index is 1050. The molecule has 0 bridgehead atoms. The molecule has 0 unspecified atom stereocenters. The molecule has 1 atom stereocenters. The molecule has 6 nitrogen and oxygen atoms in total. The number of aryl methyl sites for hydroxylation is 1. The van der Waals surface area contributed by atoms with Gasteiger partial charge in [-0.15, -0.1) is 22.0 Å². The molecule has 2 aromatic carbocycles. The summed E-state index contributed by atoms with van der Waals surface area (Å²) in [5, 5.41) is 12.5. The summed E-state index contributed by atoms with van der Waals surface area (Å²) < 4.78 is 0. The number of amides is 2. The van der Waals surface area contributed by atoms with Gasteiger partial charge in [0.25, 0.3) is 0 Å². The molecule has 3 aromatic rings. The molecule has 1 saturated heterocycles. The Kier molecular flexibility index (Phi) is 6.99. The van der Waals surface area contributed by atoms with Crippen molar-refractivity contribution in [2.75, 3.05) is 22.5 Å². The van der Waals surface area contributed by atoms with E-state index in [1.54, 1.807) is 11.8 Å². The Labute approximate surface area is 190 Å². The maximum Gasteiger partial charge on any atom is 0.236 e. The lowest BCUT2D eigenvalue weighted by molar-refractivity contribution is -0.117. The van der Waals surface area contributed by atoms with Gasteiger partial charge in [-0.2, -0.15) is 0 Å². The van der Waals surface area contributed by atoms with E-state index in [-0.39, 0.29) is 17.7 Å². The van der Waals surface area contributed by atoms with Crippen molar-refractivity contribution < 1.29 is 9.59 Å². The summed E-state index contributed by atoms with van der Waals surface area (Å²) in [5.41, 5.74) is 3.33. The van der Waals surface area contributed by atoms with E-state index in [0.29, 0.717) is 23.8 Å². The van der Waals surface area contributed by atoms with Gasteiger partial charge in [-0.25, -0.2) is 0 Å². The number of hydrogen-bond donors (Lipinski definition) is 1. The SMILES string of the molecule is CCc1ccccc1N1C[C@@H](c2nnc(NC(=O)CSCc3ccccc3)s2)CC1=O. The second-order valence-corrected chi connectivity index (χ2v) is 9.35. The van der Waals surface area contributed by atoms with Gasteiger partial charge in [0, 0.05) is 30.3 Å². The van der Waals surface area contributed by atoms with E-state index in [4.69, 9.17) is 0 Å². The first-order valence-electron chi connectivity index (χ1n) is 10.3. The van der Waals surface area contributed by atoms with Crippen molar-refractivity contribution in [2.45, 2.75) is 31.4 Å². The molecule has 2 amide bonds. The largest absolute Gasteiger partial charge is 0.311 e. The molecule has 0 aliphatic carbocycles. The van der Waals surface area contributed by atoms with E-state index in [9.17, 15) is 9.59 Å². The summed E-state index contributed by atoms with van der Waals surface area (Å²) >= 11 is 2.92. The van der Waals surface area contributed by atoms with Crippen LogP contribution in [0.25, 0.3) is 0 Å². The second kappa shape index (κ2) is 10.1. The van der Waals surface area contributed by atoms with Crippen LogP contribution >= 0.6 is 23.1 Å². The van der Waals surface area contributed by atoms with Gasteiger partial charge in [0.15, 0.2) is 0 Å². The maximum atomic E-state index is 12.7. The fraction of sp³-hybridized carbons (Fsp3) is 0.304. The molecule has 1 N–H and O–H groups in total. The Balaban J connectivity index is 1.32. The fourth-order valence-electron chi connectivity index (χ4n) is 3.62. The van der Waals surface area contributed by atoms with Crippen molar-refractivity contribution in [3.8, 4) is 0 Å². The summed E-state index contributed by atoms with van der Waals surface area (Å²) in [6, 6.07) is 18.1. The van der Waals surface area contributed by atoms with Gasteiger partial charge in [0.1, 0.15) is 5.01 Å². The van der Waals surface area contributed by atoms with Crippen molar-refractivity contribution in [1.82, 2.24) is 10.2 Å². The molecule has 1 aliphatic rings. The quantitative estimate of drug-likeness (QED) is 0.545. The lowest BCUT2D eigenvalue weighted by Gasteiger charge is -2.19. The van der Waals surface area contributed by atoms with Crippen LogP contribution in [0.2, 0.25) is 0 Å². The highest BCUT2D eigenvalue weighted by atomic mass is 32.2. The zero-order valence-electron chi connectivity index (χ0n) is 17.3. The van der Waals surface area contributed by atoms with Gasteiger partial charge in [-0.1, -0.05) is 66.8 Å². The predicted octanol–water partition coefficient (Wildman–Crippen LogP) is 4.49. The number of benzene rings is 2. The van der Waals surface area contributed by atoms with Crippen LogP contribution in [0.5, 0.6) is 0 Å². The molecule has 31 heavy (non-hydrogen) atoms. The van der Waals surface area contributed by atoms with E-state index < -0.39 is 0 Å². The molecular weight excluding hydrogens is 428 g/mol. The molecule has 160 valence electrons. The third-order valence-electron chi connectivity index (χ3n) is 5.17. The molecule has 1 aromatic heterocycles. The number of para-hydroxylation sites is 1. The van der Waals surface area contributed by atoms with Crippen molar-refractivity contribution in [3.63, 3.8) is 0 Å². The van der Waals surface area contributed by atoms with E-state index in [1.807, 2.05) is 53.4 Å². The van der Waals surface area contributed by atoms with Gasteiger partial charge in [0.2, 0.25) is 16.9 Å². The minimum Gasteiger partial charge on any atom is -0.311 e. The molecule has 2 heterocycles. The van der Waals surface area contributed by atoms with Crippen molar-refractivity contribution in [2.24, 2.45) is 0 Å². The zero-order chi connectivity index (χ0) is 21.6. The molecule has 0 spiro atoms. The van der Waals surface area contributed by atoms with Gasteiger partial charge < -0.3 is 4.90 Å². The fourth-order valence-corrected chi connectivity index (χ4v) is 5.26. The van der Waals surface area contributed by atoms with Crippen LogP contribution in [0, 0.1) is 0 Å². The Morgan fingerprint density at radius 3 is 2.74 bits per heavy atom. The van der Waals surface area contributed by atoms with Crippen molar-refractivity contribution >= 4 is 45.7 Å². The molecule has 8 heteroatoms. The van der Waals surface area contributed by atoms with E-state index >= 15 is 0 Å². The molecule has 4 rings (SSSR count). The van der Waals surface area contributed by atoms with Crippen LogP contribution in [0.3, 0.4) is 0 Å². The van der Waals surface area contributed by atoms with Crippen molar-refractivity contribution in [1.29, 1.82) is 0 Å². The first-order chi connectivity index (χ1) is 15.1. The van der Waals surface area contributed by atoms with Gasteiger partial charge in [0.05, 0.1) is 5.75 Å². The van der Waals surface area contributed by atoms with E-state index in [1.165, 1.54) is 16.9 Å². The number of nitrogens with one attached hydrogen (secondary N) is 1. The van der Waals surface area contributed by atoms with Gasteiger partial charge in [-0.3, -0.25) is 14.9 Å². The van der Waals surface area contributed by atoms with Crippen LogP contribution in [-0.4, -0.2) is 34.3 Å². The number of carbonyl (C=O) groups excluding carboxylic acids is 2. The summed E-state index contributed by atoms with van der Waals surface area (Å²) in [5.74, 6) is 1.14. The minimum absolute atomic E-state index is 0.00646. The molecule has 1 aliphatic heterocycles. The second-order valence-electron chi connectivity index (χ2n) is 7.36. The topological polar surface area (TPSA) is 75.2 Å². The van der Waals surface area contributed by atoms with Crippen molar-refractivity contribution in [3.05, 3.63) is 70.7 Å². The molecule has 0 radical (unpaired) electrons.